The van der Waals surface area contributed by atoms with Crippen LogP contribution in [0.5, 0.6) is 0 Å². The van der Waals surface area contributed by atoms with Gasteiger partial charge in [0.2, 0.25) is 5.91 Å². The maximum absolute atomic E-state index is 11.9. The second-order valence-electron chi connectivity index (χ2n) is 6.92. The zero-order chi connectivity index (χ0) is 18.1. The predicted molar refractivity (Wildman–Crippen MR) is 99.1 cm³/mol. The Labute approximate surface area is 150 Å². The summed E-state index contributed by atoms with van der Waals surface area (Å²) >= 11 is 0. The molecule has 0 aromatic heterocycles. The number of nitrogens with zero attached hydrogens (tertiary/aromatic N) is 1. The molecule has 0 bridgehead atoms. The van der Waals surface area contributed by atoms with E-state index in [0.29, 0.717) is 25.0 Å². The Bertz CT molecular complexity index is 548. The van der Waals surface area contributed by atoms with Crippen LogP contribution in [0.4, 0.5) is 4.79 Å². The topological polar surface area (TPSA) is 73.5 Å². The molecule has 138 valence electrons. The smallest absolute Gasteiger partial charge is 0.315 e. The van der Waals surface area contributed by atoms with Gasteiger partial charge in [0, 0.05) is 25.7 Å². The van der Waals surface area contributed by atoms with E-state index in [1.807, 2.05) is 30.3 Å². The third kappa shape index (κ3) is 7.13. The predicted octanol–water partition coefficient (Wildman–Crippen LogP) is 1.72. The molecule has 3 amide bonds. The third-order valence-corrected chi connectivity index (χ3v) is 4.57. The first-order chi connectivity index (χ1) is 12.0. The lowest BCUT2D eigenvalue weighted by Crippen LogP contribution is -2.47. The van der Waals surface area contributed by atoms with Gasteiger partial charge >= 0.3 is 6.03 Å². The SMILES string of the molecule is CC(C)N1CCC[C@@H](CNC(=O)NCC(=O)NCc2ccccc2)C1. The van der Waals surface area contributed by atoms with Crippen LogP contribution in [0.2, 0.25) is 0 Å². The number of amides is 3. The highest BCUT2D eigenvalue weighted by molar-refractivity contribution is 5.83. The zero-order valence-electron chi connectivity index (χ0n) is 15.3. The summed E-state index contributed by atoms with van der Waals surface area (Å²) < 4.78 is 0. The van der Waals surface area contributed by atoms with Gasteiger partial charge in [-0.15, -0.1) is 0 Å². The molecule has 0 spiro atoms. The van der Waals surface area contributed by atoms with Crippen LogP contribution in [0, 0.1) is 5.92 Å². The lowest BCUT2D eigenvalue weighted by Gasteiger charge is -2.35. The quantitative estimate of drug-likeness (QED) is 0.704. The maximum Gasteiger partial charge on any atom is 0.315 e. The molecule has 6 heteroatoms. The van der Waals surface area contributed by atoms with Crippen molar-refractivity contribution in [2.45, 2.75) is 39.3 Å². The lowest BCUT2D eigenvalue weighted by molar-refractivity contribution is -0.120. The molecule has 1 atom stereocenters. The van der Waals surface area contributed by atoms with E-state index in [2.05, 4.69) is 34.7 Å². The van der Waals surface area contributed by atoms with Gasteiger partial charge in [-0.3, -0.25) is 4.79 Å². The van der Waals surface area contributed by atoms with E-state index in [-0.39, 0.29) is 18.5 Å². The van der Waals surface area contributed by atoms with Crippen LogP contribution >= 0.6 is 0 Å². The average Bonchev–Trinajstić information content (AvgIpc) is 2.64. The second-order valence-corrected chi connectivity index (χ2v) is 6.92. The largest absolute Gasteiger partial charge is 0.350 e. The van der Waals surface area contributed by atoms with Gasteiger partial charge in [0.1, 0.15) is 0 Å². The van der Waals surface area contributed by atoms with Crippen LogP contribution in [0.3, 0.4) is 0 Å². The van der Waals surface area contributed by atoms with Crippen molar-refractivity contribution in [2.75, 3.05) is 26.2 Å². The summed E-state index contributed by atoms with van der Waals surface area (Å²) in [7, 11) is 0. The molecule has 2 rings (SSSR count). The second kappa shape index (κ2) is 10.0. The minimum absolute atomic E-state index is 0.0124. The Kier molecular flexibility index (Phi) is 7.73. The van der Waals surface area contributed by atoms with E-state index < -0.39 is 0 Å². The summed E-state index contributed by atoms with van der Waals surface area (Å²) in [6.45, 7) is 7.68. The number of hydrogen-bond acceptors (Lipinski definition) is 3. The van der Waals surface area contributed by atoms with Gasteiger partial charge in [-0.05, 0) is 44.7 Å². The number of carbonyl (C=O) groups excluding carboxylic acids is 2. The first-order valence-electron chi connectivity index (χ1n) is 9.11. The Morgan fingerprint density at radius 2 is 1.92 bits per heavy atom. The van der Waals surface area contributed by atoms with E-state index in [1.165, 1.54) is 6.42 Å². The summed E-state index contributed by atoms with van der Waals surface area (Å²) in [6.07, 6.45) is 2.31. The first-order valence-corrected chi connectivity index (χ1v) is 9.11. The number of carbonyl (C=O) groups is 2. The highest BCUT2D eigenvalue weighted by Crippen LogP contribution is 2.17. The molecule has 6 nitrogen and oxygen atoms in total. The average molecular weight is 346 g/mol. The molecule has 0 unspecified atom stereocenters. The highest BCUT2D eigenvalue weighted by atomic mass is 16.2. The molecule has 1 aromatic carbocycles. The molecule has 0 radical (unpaired) electrons. The van der Waals surface area contributed by atoms with Gasteiger partial charge in [0.25, 0.3) is 0 Å². The standard InChI is InChI=1S/C19H30N4O2/c1-15(2)23-10-6-9-17(14-23)12-21-19(25)22-13-18(24)20-11-16-7-4-3-5-8-16/h3-5,7-8,15,17H,6,9-14H2,1-2H3,(H,20,24)(H2,21,22,25)/t17-/m0/s1. The van der Waals surface area contributed by atoms with Crippen molar-refractivity contribution in [3.05, 3.63) is 35.9 Å². The van der Waals surface area contributed by atoms with Crippen LogP contribution < -0.4 is 16.0 Å². The Morgan fingerprint density at radius 3 is 2.64 bits per heavy atom. The number of likely N-dealkylation sites (tertiary alicyclic amines) is 1. The summed E-state index contributed by atoms with van der Waals surface area (Å²) in [5.41, 5.74) is 1.03. The summed E-state index contributed by atoms with van der Waals surface area (Å²) in [5.74, 6) is 0.288. The molecule has 1 aromatic rings. The van der Waals surface area contributed by atoms with Crippen molar-refractivity contribution < 1.29 is 9.59 Å². The number of rotatable bonds is 7. The van der Waals surface area contributed by atoms with Crippen molar-refractivity contribution in [3.8, 4) is 0 Å². The number of nitrogens with one attached hydrogen (secondary N) is 3. The maximum atomic E-state index is 11.9. The van der Waals surface area contributed by atoms with Gasteiger partial charge in [-0.2, -0.15) is 0 Å². The van der Waals surface area contributed by atoms with E-state index in [9.17, 15) is 9.59 Å². The van der Waals surface area contributed by atoms with Gasteiger partial charge in [-0.25, -0.2) is 4.79 Å². The fraction of sp³-hybridized carbons (Fsp3) is 0.579. The molecule has 0 saturated carbocycles. The molecule has 1 aliphatic rings. The van der Waals surface area contributed by atoms with Crippen LogP contribution in [-0.2, 0) is 11.3 Å². The summed E-state index contributed by atoms with van der Waals surface area (Å²) in [5, 5.41) is 8.29. The van der Waals surface area contributed by atoms with Gasteiger partial charge in [-0.1, -0.05) is 30.3 Å². The third-order valence-electron chi connectivity index (χ3n) is 4.57. The van der Waals surface area contributed by atoms with Crippen molar-refractivity contribution in [2.24, 2.45) is 5.92 Å². The van der Waals surface area contributed by atoms with Crippen LogP contribution in [-0.4, -0.2) is 49.1 Å². The molecule has 1 aliphatic heterocycles. The monoisotopic (exact) mass is 346 g/mol. The molecule has 1 heterocycles. The number of hydrogen-bond donors (Lipinski definition) is 3. The van der Waals surface area contributed by atoms with E-state index >= 15 is 0 Å². The van der Waals surface area contributed by atoms with Crippen molar-refractivity contribution >= 4 is 11.9 Å². The molecular formula is C19H30N4O2. The minimum Gasteiger partial charge on any atom is -0.350 e. The Morgan fingerprint density at radius 1 is 1.16 bits per heavy atom. The molecule has 25 heavy (non-hydrogen) atoms. The summed E-state index contributed by atoms with van der Waals surface area (Å²) in [4.78, 5) is 26.1. The van der Waals surface area contributed by atoms with E-state index in [0.717, 1.165) is 25.1 Å². The Balaban J connectivity index is 1.59. The van der Waals surface area contributed by atoms with Gasteiger partial charge in [0.15, 0.2) is 0 Å². The fourth-order valence-corrected chi connectivity index (χ4v) is 3.05. The number of piperidine rings is 1. The van der Waals surface area contributed by atoms with E-state index in [4.69, 9.17) is 0 Å². The summed E-state index contributed by atoms with van der Waals surface area (Å²) in [6, 6.07) is 9.96. The minimum atomic E-state index is -0.281. The van der Waals surface area contributed by atoms with Gasteiger partial charge < -0.3 is 20.9 Å². The zero-order valence-corrected chi connectivity index (χ0v) is 15.3. The number of benzene rings is 1. The highest BCUT2D eigenvalue weighted by Gasteiger charge is 2.21. The number of urea groups is 1. The van der Waals surface area contributed by atoms with Crippen molar-refractivity contribution in [1.82, 2.24) is 20.9 Å². The molecule has 0 aliphatic carbocycles. The molecule has 1 fully saturated rings. The van der Waals surface area contributed by atoms with Crippen molar-refractivity contribution in [3.63, 3.8) is 0 Å². The molecule has 1 saturated heterocycles. The molecule has 3 N–H and O–H groups in total. The van der Waals surface area contributed by atoms with Crippen LogP contribution in [0.1, 0.15) is 32.3 Å². The van der Waals surface area contributed by atoms with Gasteiger partial charge in [0.05, 0.1) is 6.54 Å². The van der Waals surface area contributed by atoms with E-state index in [1.54, 1.807) is 0 Å². The first kappa shape index (κ1) is 19.2. The molecular weight excluding hydrogens is 316 g/mol. The Hall–Kier alpha value is -2.08. The lowest BCUT2D eigenvalue weighted by atomic mass is 9.97. The fourth-order valence-electron chi connectivity index (χ4n) is 3.05. The van der Waals surface area contributed by atoms with Crippen LogP contribution in [0.15, 0.2) is 30.3 Å². The van der Waals surface area contributed by atoms with Crippen LogP contribution in [0.25, 0.3) is 0 Å². The van der Waals surface area contributed by atoms with Crippen molar-refractivity contribution in [1.29, 1.82) is 0 Å². The normalized spacial score (nSPS) is 18.0.